The van der Waals surface area contributed by atoms with Gasteiger partial charge in [0.25, 0.3) is 5.89 Å². The number of nitrogens with zero attached hydrogens (tertiary/aromatic N) is 3. The quantitative estimate of drug-likeness (QED) is 0.894. The van der Waals surface area contributed by atoms with E-state index in [4.69, 9.17) is 15.0 Å². The van der Waals surface area contributed by atoms with E-state index in [1.165, 1.54) is 11.5 Å². The van der Waals surface area contributed by atoms with E-state index in [2.05, 4.69) is 14.5 Å². The Hall–Kier alpha value is -1.47. The summed E-state index contributed by atoms with van der Waals surface area (Å²) in [4.78, 5) is 4.43. The zero-order chi connectivity index (χ0) is 12.5. The van der Waals surface area contributed by atoms with Crippen molar-refractivity contribution in [3.05, 3.63) is 11.5 Å². The lowest BCUT2D eigenvalue weighted by atomic mass is 10.0. The second-order valence-corrected chi connectivity index (χ2v) is 5.18. The first-order valence-corrected chi connectivity index (χ1v) is 6.66. The van der Waals surface area contributed by atoms with E-state index in [9.17, 15) is 0 Å². The SMILES string of the molecule is Cc1nsc(N)c1-c1nc(C2CCCOC2)no1. The molecular weight excluding hydrogens is 252 g/mol. The van der Waals surface area contributed by atoms with Crippen molar-refractivity contribution >= 4 is 16.5 Å². The van der Waals surface area contributed by atoms with Crippen LogP contribution in [0.5, 0.6) is 0 Å². The summed E-state index contributed by atoms with van der Waals surface area (Å²) in [6.07, 6.45) is 2.07. The van der Waals surface area contributed by atoms with Gasteiger partial charge in [0.15, 0.2) is 5.82 Å². The van der Waals surface area contributed by atoms with Crippen LogP contribution in [0.15, 0.2) is 4.52 Å². The maximum absolute atomic E-state index is 5.86. The number of anilines is 1. The molecule has 0 aromatic carbocycles. The number of hydrogen-bond acceptors (Lipinski definition) is 7. The molecule has 18 heavy (non-hydrogen) atoms. The number of rotatable bonds is 2. The van der Waals surface area contributed by atoms with Crippen molar-refractivity contribution in [1.29, 1.82) is 0 Å². The largest absolute Gasteiger partial charge is 0.389 e. The Labute approximate surface area is 108 Å². The van der Waals surface area contributed by atoms with E-state index in [1.54, 1.807) is 0 Å². The van der Waals surface area contributed by atoms with Crippen molar-refractivity contribution in [2.45, 2.75) is 25.7 Å². The van der Waals surface area contributed by atoms with Crippen LogP contribution in [0.25, 0.3) is 11.5 Å². The zero-order valence-electron chi connectivity index (χ0n) is 10.0. The molecule has 7 heteroatoms. The number of hydrogen-bond donors (Lipinski definition) is 1. The van der Waals surface area contributed by atoms with Gasteiger partial charge in [-0.05, 0) is 31.3 Å². The Morgan fingerprint density at radius 2 is 2.33 bits per heavy atom. The fourth-order valence-electron chi connectivity index (χ4n) is 2.09. The number of aryl methyl sites for hydroxylation is 1. The van der Waals surface area contributed by atoms with Crippen LogP contribution in [-0.2, 0) is 4.74 Å². The molecule has 2 aromatic rings. The van der Waals surface area contributed by atoms with Gasteiger partial charge in [-0.3, -0.25) is 0 Å². The molecule has 96 valence electrons. The van der Waals surface area contributed by atoms with Crippen LogP contribution in [0.3, 0.4) is 0 Å². The molecule has 0 amide bonds. The van der Waals surface area contributed by atoms with Gasteiger partial charge in [-0.1, -0.05) is 5.16 Å². The second kappa shape index (κ2) is 4.66. The summed E-state index contributed by atoms with van der Waals surface area (Å²) in [5.74, 6) is 1.39. The van der Waals surface area contributed by atoms with E-state index >= 15 is 0 Å². The first kappa shape index (κ1) is 11.6. The summed E-state index contributed by atoms with van der Waals surface area (Å²) in [5.41, 5.74) is 7.45. The third kappa shape index (κ3) is 1.99. The molecular formula is C11H14N4O2S. The molecule has 2 N–H and O–H groups in total. The van der Waals surface area contributed by atoms with Crippen molar-refractivity contribution in [3.8, 4) is 11.5 Å². The highest BCUT2D eigenvalue weighted by molar-refractivity contribution is 7.10. The monoisotopic (exact) mass is 266 g/mol. The maximum atomic E-state index is 5.86. The number of nitrogen functional groups attached to an aromatic ring is 1. The van der Waals surface area contributed by atoms with Gasteiger partial charge in [-0.2, -0.15) is 9.36 Å². The molecule has 0 aliphatic carbocycles. The smallest absolute Gasteiger partial charge is 0.262 e. The fraction of sp³-hybridized carbons (Fsp3) is 0.545. The molecule has 0 radical (unpaired) electrons. The molecule has 1 aliphatic rings. The number of ether oxygens (including phenoxy) is 1. The summed E-state index contributed by atoms with van der Waals surface area (Å²) in [5, 5.41) is 4.65. The second-order valence-electron chi connectivity index (χ2n) is 4.38. The molecule has 0 spiro atoms. The summed E-state index contributed by atoms with van der Waals surface area (Å²) >= 11 is 1.25. The highest BCUT2D eigenvalue weighted by atomic mass is 32.1. The molecule has 1 saturated heterocycles. The lowest BCUT2D eigenvalue weighted by Gasteiger charge is -2.18. The molecule has 3 heterocycles. The Morgan fingerprint density at radius 3 is 3.00 bits per heavy atom. The molecule has 6 nitrogen and oxygen atoms in total. The van der Waals surface area contributed by atoms with Crippen molar-refractivity contribution in [3.63, 3.8) is 0 Å². The van der Waals surface area contributed by atoms with Gasteiger partial charge < -0.3 is 15.0 Å². The number of aromatic nitrogens is 3. The van der Waals surface area contributed by atoms with Crippen LogP contribution in [0.4, 0.5) is 5.00 Å². The molecule has 0 bridgehead atoms. The third-order valence-electron chi connectivity index (χ3n) is 3.07. The Balaban J connectivity index is 1.89. The van der Waals surface area contributed by atoms with Crippen molar-refractivity contribution < 1.29 is 9.26 Å². The molecule has 3 rings (SSSR count). The van der Waals surface area contributed by atoms with E-state index < -0.39 is 0 Å². The van der Waals surface area contributed by atoms with Crippen LogP contribution in [0.1, 0.15) is 30.3 Å². The van der Waals surface area contributed by atoms with Crippen LogP contribution in [0.2, 0.25) is 0 Å². The standard InChI is InChI=1S/C11H14N4O2S/c1-6-8(9(12)18-15-6)11-13-10(14-17-11)7-3-2-4-16-5-7/h7H,2-5,12H2,1H3. The van der Waals surface area contributed by atoms with Gasteiger partial charge in [0.1, 0.15) is 5.00 Å². The van der Waals surface area contributed by atoms with Gasteiger partial charge in [0.2, 0.25) is 0 Å². The molecule has 1 atom stereocenters. The zero-order valence-corrected chi connectivity index (χ0v) is 10.9. The molecule has 0 saturated carbocycles. The van der Waals surface area contributed by atoms with E-state index in [-0.39, 0.29) is 5.92 Å². The van der Waals surface area contributed by atoms with Crippen LogP contribution < -0.4 is 5.73 Å². The summed E-state index contributed by atoms with van der Waals surface area (Å²) in [7, 11) is 0. The van der Waals surface area contributed by atoms with Crippen molar-refractivity contribution in [1.82, 2.24) is 14.5 Å². The van der Waals surface area contributed by atoms with Crippen LogP contribution in [-0.4, -0.2) is 27.7 Å². The average Bonchev–Trinajstić information content (AvgIpc) is 2.98. The molecule has 1 aliphatic heterocycles. The van der Waals surface area contributed by atoms with Crippen molar-refractivity contribution in [2.75, 3.05) is 18.9 Å². The first-order chi connectivity index (χ1) is 8.75. The maximum Gasteiger partial charge on any atom is 0.262 e. The molecule has 1 unspecified atom stereocenters. The highest BCUT2D eigenvalue weighted by Crippen LogP contribution is 2.32. The Morgan fingerprint density at radius 1 is 1.44 bits per heavy atom. The van der Waals surface area contributed by atoms with Crippen LogP contribution >= 0.6 is 11.5 Å². The van der Waals surface area contributed by atoms with E-state index in [0.717, 1.165) is 30.7 Å². The minimum absolute atomic E-state index is 0.226. The van der Waals surface area contributed by atoms with Gasteiger partial charge in [-0.15, -0.1) is 0 Å². The minimum Gasteiger partial charge on any atom is -0.389 e. The van der Waals surface area contributed by atoms with E-state index in [0.29, 0.717) is 23.3 Å². The van der Waals surface area contributed by atoms with Crippen molar-refractivity contribution in [2.24, 2.45) is 0 Å². The normalized spacial score (nSPS) is 20.2. The average molecular weight is 266 g/mol. The predicted octanol–water partition coefficient (Wildman–Crippen LogP) is 1.98. The fourth-order valence-corrected chi connectivity index (χ4v) is 2.75. The van der Waals surface area contributed by atoms with Gasteiger partial charge in [0, 0.05) is 12.5 Å². The minimum atomic E-state index is 0.226. The van der Waals surface area contributed by atoms with Gasteiger partial charge in [-0.25, -0.2) is 0 Å². The lowest BCUT2D eigenvalue weighted by molar-refractivity contribution is 0.0773. The lowest BCUT2D eigenvalue weighted by Crippen LogP contribution is -2.16. The third-order valence-corrected chi connectivity index (χ3v) is 3.84. The molecule has 2 aromatic heterocycles. The van der Waals surface area contributed by atoms with Gasteiger partial charge in [0.05, 0.1) is 17.9 Å². The first-order valence-electron chi connectivity index (χ1n) is 5.89. The summed E-state index contributed by atoms with van der Waals surface area (Å²) in [6, 6.07) is 0. The van der Waals surface area contributed by atoms with Crippen LogP contribution in [0, 0.1) is 6.92 Å². The summed E-state index contributed by atoms with van der Waals surface area (Å²) in [6.45, 7) is 3.37. The Kier molecular flexibility index (Phi) is 3.00. The van der Waals surface area contributed by atoms with E-state index in [1.807, 2.05) is 6.92 Å². The highest BCUT2D eigenvalue weighted by Gasteiger charge is 2.24. The number of nitrogens with two attached hydrogens (primary N) is 1. The van der Waals surface area contributed by atoms with Gasteiger partial charge >= 0.3 is 0 Å². The Bertz CT molecular complexity index is 525. The topological polar surface area (TPSA) is 87.1 Å². The molecule has 1 fully saturated rings. The summed E-state index contributed by atoms with van der Waals surface area (Å²) < 4.78 is 14.9. The predicted molar refractivity (Wildman–Crippen MR) is 67.3 cm³/mol.